The quantitative estimate of drug-likeness (QED) is 0.204. The molecule has 4 heterocycles. The van der Waals surface area contributed by atoms with E-state index < -0.39 is 0 Å². The molecule has 6 aromatic rings. The standard InChI is InChI=1S/C38H39N5O3/c1-4-23-7-6-16-42(21-23)38(45)28-18-31-35(33(20-28)46-3)41(2)36(40-31)32-19-27-8-5-9-29(34(27)43(32)22-24-10-11-24)25-12-13-30-26(17-25)14-15-39-37(30)44/h5,8-9,12-15,17-20,23-24H,4,6-7,10-11,16,21-22H2,1-3H3,(H,39,44)/t23-/m1/s1. The second kappa shape index (κ2) is 11.2. The fourth-order valence-corrected chi connectivity index (χ4v) is 7.44. The molecule has 3 aromatic carbocycles. The molecule has 0 radical (unpaired) electrons. The number of nitrogens with one attached hydrogen (secondary N) is 1. The van der Waals surface area contributed by atoms with Crippen LogP contribution in [0.2, 0.25) is 0 Å². The Morgan fingerprint density at radius 2 is 1.87 bits per heavy atom. The minimum Gasteiger partial charge on any atom is -0.494 e. The highest BCUT2D eigenvalue weighted by Gasteiger charge is 2.29. The number of aromatic amines is 1. The number of hydrogen-bond acceptors (Lipinski definition) is 4. The van der Waals surface area contributed by atoms with Crippen molar-refractivity contribution in [3.05, 3.63) is 82.8 Å². The number of imidazole rings is 1. The Hall–Kier alpha value is -4.85. The Morgan fingerprint density at radius 1 is 1.00 bits per heavy atom. The van der Waals surface area contributed by atoms with E-state index >= 15 is 0 Å². The van der Waals surface area contributed by atoms with Gasteiger partial charge in [0.25, 0.3) is 11.5 Å². The molecule has 0 bridgehead atoms. The molecule has 1 saturated carbocycles. The molecule has 0 spiro atoms. The first kappa shape index (κ1) is 28.6. The van der Waals surface area contributed by atoms with E-state index in [1.54, 1.807) is 13.3 Å². The molecule has 8 heteroatoms. The molecular weight excluding hydrogens is 574 g/mol. The lowest BCUT2D eigenvalue weighted by Gasteiger charge is -2.32. The molecule has 2 aliphatic rings. The number of likely N-dealkylation sites (tertiary alicyclic amines) is 1. The maximum Gasteiger partial charge on any atom is 0.255 e. The fourth-order valence-electron chi connectivity index (χ4n) is 7.44. The van der Waals surface area contributed by atoms with Crippen molar-refractivity contribution >= 4 is 38.6 Å². The van der Waals surface area contributed by atoms with E-state index in [9.17, 15) is 9.59 Å². The highest BCUT2D eigenvalue weighted by Crippen LogP contribution is 2.41. The number of fused-ring (bicyclic) bond motifs is 3. The van der Waals surface area contributed by atoms with Crippen molar-refractivity contribution in [1.82, 2.24) is 24.0 Å². The minimum atomic E-state index is -0.0788. The zero-order chi connectivity index (χ0) is 31.5. The monoisotopic (exact) mass is 613 g/mol. The molecule has 46 heavy (non-hydrogen) atoms. The third kappa shape index (κ3) is 4.78. The topological polar surface area (TPSA) is 85.2 Å². The zero-order valence-corrected chi connectivity index (χ0v) is 26.7. The van der Waals surface area contributed by atoms with Crippen molar-refractivity contribution in [2.75, 3.05) is 20.2 Å². The van der Waals surface area contributed by atoms with Crippen molar-refractivity contribution in [3.8, 4) is 28.4 Å². The van der Waals surface area contributed by atoms with Gasteiger partial charge in [-0.25, -0.2) is 4.98 Å². The first-order valence-corrected chi connectivity index (χ1v) is 16.5. The average molecular weight is 614 g/mol. The molecule has 234 valence electrons. The summed E-state index contributed by atoms with van der Waals surface area (Å²) in [6, 6.07) is 20.5. The molecule has 2 fully saturated rings. The number of carbonyl (C=O) groups excluding carboxylic acids is 1. The van der Waals surface area contributed by atoms with Crippen LogP contribution < -0.4 is 10.3 Å². The molecule has 1 amide bonds. The van der Waals surface area contributed by atoms with Crippen molar-refractivity contribution in [2.24, 2.45) is 18.9 Å². The number of rotatable bonds is 7. The van der Waals surface area contributed by atoms with Gasteiger partial charge in [-0.2, -0.15) is 0 Å². The van der Waals surface area contributed by atoms with Gasteiger partial charge in [-0.1, -0.05) is 37.6 Å². The van der Waals surface area contributed by atoms with Crippen molar-refractivity contribution in [3.63, 3.8) is 0 Å². The number of benzene rings is 3. The van der Waals surface area contributed by atoms with Gasteiger partial charge in [0, 0.05) is 54.8 Å². The van der Waals surface area contributed by atoms with Crippen molar-refractivity contribution in [1.29, 1.82) is 0 Å². The van der Waals surface area contributed by atoms with Gasteiger partial charge >= 0.3 is 0 Å². The summed E-state index contributed by atoms with van der Waals surface area (Å²) >= 11 is 0. The second-order valence-corrected chi connectivity index (χ2v) is 13.1. The number of carbonyl (C=O) groups is 1. The molecule has 1 aliphatic heterocycles. The van der Waals surface area contributed by atoms with Crippen LogP contribution in [0.4, 0.5) is 0 Å². The number of H-pyrrole nitrogens is 1. The Morgan fingerprint density at radius 3 is 2.67 bits per heavy atom. The van der Waals surface area contributed by atoms with Crippen molar-refractivity contribution in [2.45, 2.75) is 45.6 Å². The number of amides is 1. The van der Waals surface area contributed by atoms with E-state index in [-0.39, 0.29) is 11.5 Å². The minimum absolute atomic E-state index is 0.0513. The van der Waals surface area contributed by atoms with E-state index in [1.807, 2.05) is 42.3 Å². The zero-order valence-electron chi connectivity index (χ0n) is 26.7. The van der Waals surface area contributed by atoms with Crippen LogP contribution in [-0.4, -0.2) is 50.1 Å². The summed E-state index contributed by atoms with van der Waals surface area (Å²) < 4.78 is 10.4. The van der Waals surface area contributed by atoms with Crippen LogP contribution >= 0.6 is 0 Å². The number of pyridine rings is 1. The maximum absolute atomic E-state index is 13.7. The number of methoxy groups -OCH3 is 1. The summed E-state index contributed by atoms with van der Waals surface area (Å²) in [6.07, 6.45) is 7.46. The average Bonchev–Trinajstić information content (AvgIpc) is 3.75. The highest BCUT2D eigenvalue weighted by atomic mass is 16.5. The Kier molecular flexibility index (Phi) is 6.96. The van der Waals surface area contributed by atoms with Crippen LogP contribution in [0.15, 0.2) is 71.7 Å². The van der Waals surface area contributed by atoms with Crippen LogP contribution in [-0.2, 0) is 13.6 Å². The molecule has 3 aromatic heterocycles. The number of hydrogen-bond donors (Lipinski definition) is 1. The maximum atomic E-state index is 13.7. The smallest absolute Gasteiger partial charge is 0.255 e. The van der Waals surface area contributed by atoms with E-state index in [2.05, 4.69) is 51.4 Å². The number of nitrogens with zero attached hydrogens (tertiary/aromatic N) is 4. The number of ether oxygens (including phenoxy) is 1. The molecular formula is C38H39N5O3. The Balaban J connectivity index is 1.27. The van der Waals surface area contributed by atoms with Crippen LogP contribution in [0.5, 0.6) is 5.75 Å². The first-order chi connectivity index (χ1) is 22.4. The van der Waals surface area contributed by atoms with Gasteiger partial charge in [-0.05, 0) is 84.9 Å². The molecule has 0 unspecified atom stereocenters. The van der Waals surface area contributed by atoms with E-state index in [0.717, 1.165) is 76.9 Å². The lowest BCUT2D eigenvalue weighted by Crippen LogP contribution is -2.39. The van der Waals surface area contributed by atoms with E-state index in [4.69, 9.17) is 9.72 Å². The number of aromatic nitrogens is 4. The van der Waals surface area contributed by atoms with Crippen molar-refractivity contribution < 1.29 is 9.53 Å². The lowest BCUT2D eigenvalue weighted by atomic mass is 9.95. The van der Waals surface area contributed by atoms with Gasteiger partial charge < -0.3 is 23.8 Å². The van der Waals surface area contributed by atoms with Gasteiger partial charge in [0.2, 0.25) is 0 Å². The van der Waals surface area contributed by atoms with Gasteiger partial charge in [-0.15, -0.1) is 0 Å². The summed E-state index contributed by atoms with van der Waals surface area (Å²) in [5.74, 6) is 2.73. The van der Waals surface area contributed by atoms with Gasteiger partial charge in [-0.3, -0.25) is 9.59 Å². The SMILES string of the molecule is CC[C@@H]1CCCN(C(=O)c2cc(OC)c3c(c2)nc(-c2cc4cccc(-c5ccc6c(=O)[nH]ccc6c5)c4n2CC2CC2)n3C)C1. The third-order valence-corrected chi connectivity index (χ3v) is 10.2. The molecule has 1 saturated heterocycles. The number of aryl methyl sites for hydroxylation is 1. The predicted octanol–water partition coefficient (Wildman–Crippen LogP) is 7.38. The molecule has 1 N–H and O–H groups in total. The van der Waals surface area contributed by atoms with Crippen LogP contribution in [0.3, 0.4) is 0 Å². The Labute approximate surface area is 267 Å². The van der Waals surface area contributed by atoms with E-state index in [0.29, 0.717) is 28.5 Å². The van der Waals surface area contributed by atoms with Gasteiger partial charge in [0.1, 0.15) is 11.3 Å². The molecule has 8 rings (SSSR count). The summed E-state index contributed by atoms with van der Waals surface area (Å²) in [5, 5.41) is 2.75. The van der Waals surface area contributed by atoms with Crippen LogP contribution in [0.25, 0.3) is 55.4 Å². The summed E-state index contributed by atoms with van der Waals surface area (Å²) in [4.78, 5) is 36.1. The van der Waals surface area contributed by atoms with Crippen LogP contribution in [0, 0.1) is 11.8 Å². The molecule has 8 nitrogen and oxygen atoms in total. The fraction of sp³-hybridized carbons (Fsp3) is 0.342. The number of piperidine rings is 1. The van der Waals surface area contributed by atoms with Gasteiger partial charge in [0.05, 0.1) is 23.8 Å². The summed E-state index contributed by atoms with van der Waals surface area (Å²) in [7, 11) is 3.70. The van der Waals surface area contributed by atoms with Gasteiger partial charge in [0.15, 0.2) is 5.82 Å². The molecule has 1 aliphatic carbocycles. The third-order valence-electron chi connectivity index (χ3n) is 10.2. The number of para-hydroxylation sites is 1. The van der Waals surface area contributed by atoms with E-state index in [1.165, 1.54) is 24.8 Å². The largest absolute Gasteiger partial charge is 0.494 e. The normalized spacial score (nSPS) is 16.9. The summed E-state index contributed by atoms with van der Waals surface area (Å²) in [6.45, 7) is 4.71. The Bertz CT molecular complexity index is 2200. The second-order valence-electron chi connectivity index (χ2n) is 13.1. The molecule has 1 atom stereocenters. The first-order valence-electron chi connectivity index (χ1n) is 16.5. The predicted molar refractivity (Wildman–Crippen MR) is 183 cm³/mol. The van der Waals surface area contributed by atoms with Crippen LogP contribution in [0.1, 0.15) is 49.4 Å². The highest BCUT2D eigenvalue weighted by molar-refractivity contribution is 6.02. The summed E-state index contributed by atoms with van der Waals surface area (Å²) in [5.41, 5.74) is 6.59. The lowest BCUT2D eigenvalue weighted by molar-refractivity contribution is 0.0671.